The molecule has 0 aliphatic rings. The fourth-order valence-corrected chi connectivity index (χ4v) is 1.32. The third-order valence-electron chi connectivity index (χ3n) is 2.89. The number of carbonyl (C=O) groups excluding carboxylic acids is 1. The van der Waals surface area contributed by atoms with Crippen LogP contribution in [0.25, 0.3) is 0 Å². The van der Waals surface area contributed by atoms with E-state index in [-0.39, 0.29) is 11.4 Å². The van der Waals surface area contributed by atoms with Crippen molar-refractivity contribution in [2.75, 3.05) is 20.6 Å². The molecule has 1 atom stereocenters. The van der Waals surface area contributed by atoms with Crippen molar-refractivity contribution >= 4 is 11.9 Å². The van der Waals surface area contributed by atoms with Crippen LogP contribution in [0.2, 0.25) is 0 Å². The topological polar surface area (TPSA) is 96.7 Å². The smallest absolute Gasteiger partial charge is 0.239 e. The number of rotatable bonds is 5. The Kier molecular flexibility index (Phi) is 6.68. The molecule has 0 unspecified atom stereocenters. The molecule has 0 spiro atoms. The van der Waals surface area contributed by atoms with Crippen LogP contribution in [-0.4, -0.2) is 49.0 Å². The average molecular weight is 257 g/mol. The van der Waals surface area contributed by atoms with E-state index >= 15 is 0 Å². The molecule has 0 aromatic rings. The van der Waals surface area contributed by atoms with Crippen molar-refractivity contribution in [2.24, 2.45) is 16.5 Å². The molecule has 0 fully saturated rings. The average Bonchev–Trinajstić information content (AvgIpc) is 2.30. The summed E-state index contributed by atoms with van der Waals surface area (Å²) in [7, 11) is 3.40. The molecule has 0 bridgehead atoms. The Labute approximate surface area is 110 Å². The maximum atomic E-state index is 12.0. The van der Waals surface area contributed by atoms with Crippen LogP contribution in [0.4, 0.5) is 0 Å². The second kappa shape index (κ2) is 7.20. The number of nitrogens with two attached hydrogens (primary N) is 2. The van der Waals surface area contributed by atoms with E-state index in [1.807, 2.05) is 20.8 Å². The summed E-state index contributed by atoms with van der Waals surface area (Å²) < 4.78 is 0. The van der Waals surface area contributed by atoms with Gasteiger partial charge >= 0.3 is 0 Å². The van der Waals surface area contributed by atoms with Crippen LogP contribution in [0, 0.1) is 0 Å². The van der Waals surface area contributed by atoms with E-state index in [4.69, 9.17) is 11.5 Å². The highest BCUT2D eigenvalue weighted by molar-refractivity contribution is 5.82. The van der Waals surface area contributed by atoms with Gasteiger partial charge in [0.05, 0.1) is 6.04 Å². The Bertz CT molecular complexity index is 295. The normalized spacial score (nSPS) is 14.2. The van der Waals surface area contributed by atoms with Gasteiger partial charge in [-0.2, -0.15) is 0 Å². The van der Waals surface area contributed by atoms with Gasteiger partial charge in [0, 0.05) is 26.2 Å². The number of hydrogen-bond donors (Lipinski definition) is 3. The van der Waals surface area contributed by atoms with Crippen LogP contribution in [0.5, 0.6) is 0 Å². The van der Waals surface area contributed by atoms with E-state index in [9.17, 15) is 4.79 Å². The Morgan fingerprint density at radius 2 is 2.00 bits per heavy atom. The molecule has 0 aliphatic carbocycles. The monoisotopic (exact) mass is 257 g/mol. The molecule has 0 saturated carbocycles. The molecule has 0 saturated heterocycles. The van der Waals surface area contributed by atoms with Gasteiger partial charge in [0.15, 0.2) is 5.96 Å². The lowest BCUT2D eigenvalue weighted by Gasteiger charge is -2.33. The van der Waals surface area contributed by atoms with Crippen LogP contribution < -0.4 is 16.8 Å². The first-order chi connectivity index (χ1) is 8.20. The van der Waals surface area contributed by atoms with Gasteiger partial charge in [0.1, 0.15) is 0 Å². The van der Waals surface area contributed by atoms with Gasteiger partial charge in [-0.1, -0.05) is 0 Å². The van der Waals surface area contributed by atoms with Crippen molar-refractivity contribution in [3.05, 3.63) is 0 Å². The van der Waals surface area contributed by atoms with Gasteiger partial charge in [-0.3, -0.25) is 9.79 Å². The molecular weight excluding hydrogens is 230 g/mol. The molecule has 18 heavy (non-hydrogen) atoms. The Hall–Kier alpha value is -1.30. The third kappa shape index (κ3) is 5.86. The van der Waals surface area contributed by atoms with Crippen molar-refractivity contribution in [3.63, 3.8) is 0 Å². The first kappa shape index (κ1) is 16.7. The number of guanidine groups is 1. The number of aliphatic imine (C=N–C) groups is 1. The first-order valence-electron chi connectivity index (χ1n) is 6.19. The second-order valence-electron chi connectivity index (χ2n) is 5.35. The highest BCUT2D eigenvalue weighted by atomic mass is 16.2. The molecule has 106 valence electrons. The van der Waals surface area contributed by atoms with Gasteiger partial charge in [0.25, 0.3) is 0 Å². The third-order valence-corrected chi connectivity index (χ3v) is 2.89. The minimum atomic E-state index is -0.462. The highest BCUT2D eigenvalue weighted by Crippen LogP contribution is 2.12. The van der Waals surface area contributed by atoms with Crippen LogP contribution in [0.15, 0.2) is 4.99 Å². The first-order valence-corrected chi connectivity index (χ1v) is 6.19. The van der Waals surface area contributed by atoms with E-state index in [0.717, 1.165) is 6.42 Å². The van der Waals surface area contributed by atoms with Crippen molar-refractivity contribution in [2.45, 2.75) is 45.2 Å². The zero-order chi connectivity index (χ0) is 14.3. The van der Waals surface area contributed by atoms with Gasteiger partial charge in [-0.05, 0) is 33.6 Å². The summed E-state index contributed by atoms with van der Waals surface area (Å²) in [5.74, 6) is 0.376. The van der Waals surface area contributed by atoms with Crippen molar-refractivity contribution in [1.29, 1.82) is 0 Å². The molecule has 0 aliphatic heterocycles. The summed E-state index contributed by atoms with van der Waals surface area (Å²) in [6, 6.07) is -0.462. The molecule has 0 aromatic heterocycles. The van der Waals surface area contributed by atoms with E-state index in [1.54, 1.807) is 19.0 Å². The summed E-state index contributed by atoms with van der Waals surface area (Å²) in [6.07, 6.45) is 1.41. The predicted molar refractivity (Wildman–Crippen MR) is 75.3 cm³/mol. The minimum absolute atomic E-state index is 0.0281. The molecule has 5 N–H and O–H groups in total. The second-order valence-corrected chi connectivity index (χ2v) is 5.35. The number of nitrogens with one attached hydrogen (secondary N) is 1. The van der Waals surface area contributed by atoms with E-state index < -0.39 is 6.04 Å². The molecule has 0 rings (SSSR count). The van der Waals surface area contributed by atoms with E-state index in [2.05, 4.69) is 10.3 Å². The number of nitrogens with zero attached hydrogens (tertiary/aromatic N) is 2. The SMILES string of the molecule is CN=C(N)NCCC[C@@H](N)C(=O)N(C)C(C)(C)C. The molecule has 6 heteroatoms. The summed E-state index contributed by atoms with van der Waals surface area (Å²) in [5.41, 5.74) is 11.2. The van der Waals surface area contributed by atoms with Gasteiger partial charge in [0.2, 0.25) is 5.91 Å². The van der Waals surface area contributed by atoms with Crippen LogP contribution >= 0.6 is 0 Å². The van der Waals surface area contributed by atoms with Crippen LogP contribution in [0.3, 0.4) is 0 Å². The van der Waals surface area contributed by atoms with Gasteiger partial charge < -0.3 is 21.7 Å². The number of hydrogen-bond acceptors (Lipinski definition) is 3. The van der Waals surface area contributed by atoms with Crippen molar-refractivity contribution in [1.82, 2.24) is 10.2 Å². The molecule has 0 heterocycles. The van der Waals surface area contributed by atoms with Crippen molar-refractivity contribution in [3.8, 4) is 0 Å². The van der Waals surface area contributed by atoms with E-state index in [0.29, 0.717) is 18.9 Å². The predicted octanol–water partition coefficient (Wildman–Crippen LogP) is -0.115. The van der Waals surface area contributed by atoms with Crippen molar-refractivity contribution < 1.29 is 4.79 Å². The summed E-state index contributed by atoms with van der Waals surface area (Å²) in [6.45, 7) is 6.62. The fourth-order valence-electron chi connectivity index (χ4n) is 1.32. The standard InChI is InChI=1S/C12H27N5O/c1-12(2,3)17(5)10(18)9(13)7-6-8-16-11(14)15-4/h9H,6-8,13H2,1-5H3,(H3,14,15,16)/t9-/m1/s1. The van der Waals surface area contributed by atoms with Crippen LogP contribution in [0.1, 0.15) is 33.6 Å². The molecular formula is C12H27N5O. The maximum Gasteiger partial charge on any atom is 0.239 e. The largest absolute Gasteiger partial charge is 0.370 e. The number of amides is 1. The summed E-state index contributed by atoms with van der Waals surface area (Å²) in [5, 5.41) is 2.93. The van der Waals surface area contributed by atoms with Crippen LogP contribution in [-0.2, 0) is 4.79 Å². The lowest BCUT2D eigenvalue weighted by molar-refractivity contribution is -0.135. The fraction of sp³-hybridized carbons (Fsp3) is 0.833. The zero-order valence-corrected chi connectivity index (χ0v) is 12.2. The lowest BCUT2D eigenvalue weighted by Crippen LogP contribution is -2.50. The van der Waals surface area contributed by atoms with E-state index in [1.165, 1.54) is 0 Å². The Morgan fingerprint density at radius 3 is 2.44 bits per heavy atom. The number of carbonyl (C=O) groups is 1. The summed E-state index contributed by atoms with van der Waals surface area (Å²) in [4.78, 5) is 17.5. The molecule has 0 aromatic carbocycles. The highest BCUT2D eigenvalue weighted by Gasteiger charge is 2.26. The zero-order valence-electron chi connectivity index (χ0n) is 12.2. The lowest BCUT2D eigenvalue weighted by atomic mass is 10.0. The molecule has 0 radical (unpaired) electrons. The molecule has 1 amide bonds. The van der Waals surface area contributed by atoms with Gasteiger partial charge in [-0.25, -0.2) is 0 Å². The minimum Gasteiger partial charge on any atom is -0.370 e. The summed E-state index contributed by atoms with van der Waals surface area (Å²) >= 11 is 0. The maximum absolute atomic E-state index is 12.0. The Balaban J connectivity index is 4.03. The number of likely N-dealkylation sites (N-methyl/N-ethyl adjacent to an activating group) is 1. The van der Waals surface area contributed by atoms with Gasteiger partial charge in [-0.15, -0.1) is 0 Å². The Morgan fingerprint density at radius 1 is 1.44 bits per heavy atom. The quantitative estimate of drug-likeness (QED) is 0.363. The molecule has 6 nitrogen and oxygen atoms in total.